The van der Waals surface area contributed by atoms with Gasteiger partial charge in [-0.15, -0.1) is 0 Å². The fourth-order valence-electron chi connectivity index (χ4n) is 2.45. The van der Waals surface area contributed by atoms with Crippen LogP contribution in [0.3, 0.4) is 0 Å². The van der Waals surface area contributed by atoms with Gasteiger partial charge in [0.15, 0.2) is 0 Å². The van der Waals surface area contributed by atoms with Gasteiger partial charge in [-0.3, -0.25) is 0 Å². The molecule has 1 N–H and O–H groups in total. The van der Waals surface area contributed by atoms with Crippen LogP contribution >= 0.6 is 22.6 Å². The van der Waals surface area contributed by atoms with E-state index in [-0.39, 0.29) is 12.1 Å². The topological polar surface area (TPSA) is 60.5 Å². The number of hydrogen-bond acceptors (Lipinski definition) is 4. The standard InChI is InChI=1S/C18H29IN2O3/c1-12(2)10-18(7,24-16(22)21-17(4,5)6)11-23-14-8-9-15(19)20-13(14)3/h8-9,12H,10-11H2,1-7H3,(H,21,22)/t18-/m0/s1. The molecule has 1 atom stereocenters. The van der Waals surface area contributed by atoms with Crippen molar-refractivity contribution in [1.82, 2.24) is 10.3 Å². The molecular weight excluding hydrogens is 419 g/mol. The Morgan fingerprint density at radius 1 is 1.29 bits per heavy atom. The predicted octanol–water partition coefficient (Wildman–Crippen LogP) is 4.70. The van der Waals surface area contributed by atoms with E-state index >= 15 is 0 Å². The number of aromatic nitrogens is 1. The van der Waals surface area contributed by atoms with E-state index in [1.165, 1.54) is 0 Å². The summed E-state index contributed by atoms with van der Waals surface area (Å²) in [6.07, 6.45) is 0.285. The zero-order valence-electron chi connectivity index (χ0n) is 15.7. The van der Waals surface area contributed by atoms with Gasteiger partial charge in [-0.1, -0.05) is 13.8 Å². The molecule has 0 aromatic carbocycles. The number of nitrogens with zero attached hydrogens (tertiary/aromatic N) is 1. The van der Waals surface area contributed by atoms with Gasteiger partial charge in [-0.2, -0.15) is 0 Å². The summed E-state index contributed by atoms with van der Waals surface area (Å²) in [5.74, 6) is 1.09. The Bertz CT molecular complexity index is 570. The van der Waals surface area contributed by atoms with Crippen molar-refractivity contribution in [2.75, 3.05) is 6.61 Å². The molecule has 0 radical (unpaired) electrons. The van der Waals surface area contributed by atoms with Crippen LogP contribution in [0.2, 0.25) is 0 Å². The van der Waals surface area contributed by atoms with Crippen LogP contribution in [0.4, 0.5) is 4.79 Å². The molecule has 24 heavy (non-hydrogen) atoms. The fraction of sp³-hybridized carbons (Fsp3) is 0.667. The van der Waals surface area contributed by atoms with Crippen molar-refractivity contribution >= 4 is 28.7 Å². The van der Waals surface area contributed by atoms with Crippen molar-refractivity contribution in [2.24, 2.45) is 5.92 Å². The molecule has 1 aromatic rings. The third-order valence-corrected chi connectivity index (χ3v) is 3.79. The Balaban J connectivity index is 2.81. The molecule has 5 nitrogen and oxygen atoms in total. The van der Waals surface area contributed by atoms with E-state index in [9.17, 15) is 4.79 Å². The molecule has 0 unspecified atom stereocenters. The molecular formula is C18H29IN2O3. The number of nitrogens with one attached hydrogen (secondary N) is 1. The third-order valence-electron chi connectivity index (χ3n) is 3.19. The lowest BCUT2D eigenvalue weighted by Crippen LogP contribution is -2.47. The van der Waals surface area contributed by atoms with Crippen LogP contribution in [-0.2, 0) is 4.74 Å². The quantitative estimate of drug-likeness (QED) is 0.506. The van der Waals surface area contributed by atoms with Crippen LogP contribution in [0, 0.1) is 16.5 Å². The molecule has 1 heterocycles. The maximum atomic E-state index is 12.2. The molecule has 0 aliphatic rings. The fourth-order valence-corrected chi connectivity index (χ4v) is 2.99. The lowest BCUT2D eigenvalue weighted by molar-refractivity contribution is -0.0252. The Morgan fingerprint density at radius 2 is 1.92 bits per heavy atom. The van der Waals surface area contributed by atoms with Crippen molar-refractivity contribution < 1.29 is 14.3 Å². The first-order valence-corrected chi connectivity index (χ1v) is 9.25. The highest BCUT2D eigenvalue weighted by molar-refractivity contribution is 14.1. The highest BCUT2D eigenvalue weighted by Gasteiger charge is 2.32. The van der Waals surface area contributed by atoms with Crippen molar-refractivity contribution in [3.63, 3.8) is 0 Å². The number of amides is 1. The van der Waals surface area contributed by atoms with Crippen molar-refractivity contribution in [3.8, 4) is 5.75 Å². The van der Waals surface area contributed by atoms with Crippen LogP contribution < -0.4 is 10.1 Å². The average molecular weight is 448 g/mol. The summed E-state index contributed by atoms with van der Waals surface area (Å²) >= 11 is 2.17. The lowest BCUT2D eigenvalue weighted by atomic mass is 9.95. The second-order valence-electron chi connectivity index (χ2n) is 7.82. The molecule has 136 valence electrons. The van der Waals surface area contributed by atoms with Crippen LogP contribution in [-0.4, -0.2) is 28.8 Å². The van der Waals surface area contributed by atoms with Gasteiger partial charge in [-0.25, -0.2) is 9.78 Å². The Kier molecular flexibility index (Phi) is 7.31. The molecule has 0 saturated heterocycles. The van der Waals surface area contributed by atoms with E-state index in [0.717, 1.165) is 9.39 Å². The number of pyridine rings is 1. The highest BCUT2D eigenvalue weighted by Crippen LogP contribution is 2.25. The van der Waals surface area contributed by atoms with Gasteiger partial charge in [0.2, 0.25) is 0 Å². The summed E-state index contributed by atoms with van der Waals surface area (Å²) in [6, 6.07) is 3.80. The zero-order chi connectivity index (χ0) is 18.5. The van der Waals surface area contributed by atoms with Crippen molar-refractivity contribution in [1.29, 1.82) is 0 Å². The highest BCUT2D eigenvalue weighted by atomic mass is 127. The Morgan fingerprint density at radius 3 is 2.42 bits per heavy atom. The first kappa shape index (κ1) is 21.0. The van der Waals surface area contributed by atoms with Gasteiger partial charge >= 0.3 is 6.09 Å². The number of alkyl carbamates (subject to hydrolysis) is 1. The summed E-state index contributed by atoms with van der Waals surface area (Å²) in [4.78, 5) is 16.6. The van der Waals surface area contributed by atoms with E-state index in [0.29, 0.717) is 18.1 Å². The molecule has 1 aromatic heterocycles. The number of ether oxygens (including phenoxy) is 2. The summed E-state index contributed by atoms with van der Waals surface area (Å²) in [6.45, 7) is 14.1. The van der Waals surface area contributed by atoms with E-state index in [1.54, 1.807) is 0 Å². The second-order valence-corrected chi connectivity index (χ2v) is 8.92. The van der Waals surface area contributed by atoms with E-state index in [2.05, 4.69) is 46.7 Å². The summed E-state index contributed by atoms with van der Waals surface area (Å²) < 4.78 is 12.6. The number of rotatable bonds is 6. The number of aryl methyl sites for hydroxylation is 1. The van der Waals surface area contributed by atoms with Gasteiger partial charge in [0, 0.05) is 5.54 Å². The number of halogens is 1. The maximum absolute atomic E-state index is 12.2. The molecule has 6 heteroatoms. The van der Waals surface area contributed by atoms with Gasteiger partial charge in [0.25, 0.3) is 0 Å². The van der Waals surface area contributed by atoms with Gasteiger partial charge in [-0.05, 0) is 81.7 Å². The largest absolute Gasteiger partial charge is 0.488 e. The van der Waals surface area contributed by atoms with Crippen LogP contribution in [0.1, 0.15) is 53.7 Å². The summed E-state index contributed by atoms with van der Waals surface area (Å²) in [7, 11) is 0. The molecule has 1 amide bonds. The van der Waals surface area contributed by atoms with E-state index < -0.39 is 11.7 Å². The molecule has 0 fully saturated rings. The van der Waals surface area contributed by atoms with Crippen LogP contribution in [0.25, 0.3) is 0 Å². The van der Waals surface area contributed by atoms with Crippen molar-refractivity contribution in [3.05, 3.63) is 21.5 Å². The summed E-state index contributed by atoms with van der Waals surface area (Å²) in [5, 5.41) is 2.84. The summed E-state index contributed by atoms with van der Waals surface area (Å²) in [5.41, 5.74) is -0.223. The Labute approximate surface area is 159 Å². The van der Waals surface area contributed by atoms with E-state index in [1.807, 2.05) is 46.8 Å². The molecule has 0 saturated carbocycles. The predicted molar refractivity (Wildman–Crippen MR) is 104 cm³/mol. The minimum Gasteiger partial charge on any atom is -0.488 e. The van der Waals surface area contributed by atoms with Crippen molar-refractivity contribution in [2.45, 2.75) is 66.0 Å². The number of carbonyl (C=O) groups excluding carboxylic acids is 1. The molecule has 0 aliphatic carbocycles. The van der Waals surface area contributed by atoms with Crippen LogP contribution in [0.5, 0.6) is 5.75 Å². The first-order valence-electron chi connectivity index (χ1n) is 8.17. The van der Waals surface area contributed by atoms with Crippen LogP contribution in [0.15, 0.2) is 12.1 Å². The van der Waals surface area contributed by atoms with Gasteiger partial charge in [0.05, 0.1) is 5.69 Å². The van der Waals surface area contributed by atoms with Gasteiger partial charge < -0.3 is 14.8 Å². The molecule has 0 bridgehead atoms. The Hall–Kier alpha value is -1.05. The first-order chi connectivity index (χ1) is 10.9. The molecule has 0 spiro atoms. The lowest BCUT2D eigenvalue weighted by Gasteiger charge is -2.32. The zero-order valence-corrected chi connectivity index (χ0v) is 17.9. The monoisotopic (exact) mass is 448 g/mol. The van der Waals surface area contributed by atoms with E-state index in [4.69, 9.17) is 9.47 Å². The SMILES string of the molecule is Cc1nc(I)ccc1OC[C@](C)(CC(C)C)OC(=O)NC(C)(C)C. The minimum absolute atomic E-state index is 0.284. The maximum Gasteiger partial charge on any atom is 0.408 e. The number of carbonyl (C=O) groups is 1. The molecule has 0 aliphatic heterocycles. The third kappa shape index (κ3) is 7.68. The second kappa shape index (κ2) is 8.36. The van der Waals surface area contributed by atoms with Gasteiger partial charge in [0.1, 0.15) is 21.7 Å². The number of hydrogen-bond donors (Lipinski definition) is 1. The molecule has 1 rings (SSSR count). The normalized spacial score (nSPS) is 14.2. The smallest absolute Gasteiger partial charge is 0.408 e. The minimum atomic E-state index is -0.709. The average Bonchev–Trinajstić information content (AvgIpc) is 2.33.